The number of anilines is 2. The van der Waals surface area contributed by atoms with Gasteiger partial charge in [-0.15, -0.1) is 0 Å². The average molecular weight is 255 g/mol. The van der Waals surface area contributed by atoms with Gasteiger partial charge in [-0.25, -0.2) is 13.4 Å². The number of aryl methyl sites for hydroxylation is 1. The van der Waals surface area contributed by atoms with Crippen molar-refractivity contribution < 1.29 is 8.42 Å². The zero-order valence-electron chi connectivity index (χ0n) is 9.81. The Balaban J connectivity index is 1.95. The summed E-state index contributed by atoms with van der Waals surface area (Å²) in [5.41, 5.74) is 7.23. The van der Waals surface area contributed by atoms with Gasteiger partial charge < -0.3 is 11.1 Å². The summed E-state index contributed by atoms with van der Waals surface area (Å²) in [7, 11) is -2.80. The maximum Gasteiger partial charge on any atom is 0.150 e. The fourth-order valence-electron chi connectivity index (χ4n) is 2.06. The predicted octanol–water partition coefficient (Wildman–Crippen LogP) is 0.819. The number of nitrogens with one attached hydrogen (secondary N) is 1. The van der Waals surface area contributed by atoms with Gasteiger partial charge in [0.25, 0.3) is 0 Å². The van der Waals surface area contributed by atoms with Crippen molar-refractivity contribution in [3.63, 3.8) is 0 Å². The van der Waals surface area contributed by atoms with Crippen LogP contribution in [0, 0.1) is 12.8 Å². The normalized spacial score (nSPS) is 22.5. The van der Waals surface area contributed by atoms with Gasteiger partial charge in [-0.05, 0) is 30.9 Å². The fraction of sp³-hybridized carbons (Fsp3) is 0.545. The third kappa shape index (κ3) is 3.09. The maximum atomic E-state index is 11.3. The van der Waals surface area contributed by atoms with Gasteiger partial charge >= 0.3 is 0 Å². The molecule has 1 saturated heterocycles. The zero-order valence-corrected chi connectivity index (χ0v) is 10.6. The molecule has 0 saturated carbocycles. The summed E-state index contributed by atoms with van der Waals surface area (Å²) >= 11 is 0. The molecule has 94 valence electrons. The van der Waals surface area contributed by atoms with Crippen LogP contribution in [0.4, 0.5) is 11.5 Å². The van der Waals surface area contributed by atoms with Gasteiger partial charge in [0, 0.05) is 6.54 Å². The first kappa shape index (κ1) is 12.2. The van der Waals surface area contributed by atoms with E-state index in [1.807, 2.05) is 13.0 Å². The fourth-order valence-corrected chi connectivity index (χ4v) is 3.92. The Morgan fingerprint density at radius 3 is 2.94 bits per heavy atom. The second-order valence-electron chi connectivity index (χ2n) is 4.58. The molecule has 1 aliphatic rings. The van der Waals surface area contributed by atoms with Crippen LogP contribution in [0.5, 0.6) is 0 Å². The van der Waals surface area contributed by atoms with Crippen molar-refractivity contribution in [2.75, 3.05) is 29.1 Å². The Hall–Kier alpha value is -1.30. The molecule has 5 nitrogen and oxygen atoms in total. The second-order valence-corrected chi connectivity index (χ2v) is 6.81. The smallest absolute Gasteiger partial charge is 0.150 e. The molecule has 0 aliphatic carbocycles. The van der Waals surface area contributed by atoms with E-state index in [0.717, 1.165) is 17.8 Å². The van der Waals surface area contributed by atoms with Crippen LogP contribution in [0.1, 0.15) is 12.0 Å². The number of rotatable bonds is 3. The molecule has 1 unspecified atom stereocenters. The number of nitrogens with zero attached hydrogens (tertiary/aromatic N) is 1. The molecular formula is C11H17N3O2S. The van der Waals surface area contributed by atoms with Gasteiger partial charge in [0.1, 0.15) is 5.82 Å². The summed E-state index contributed by atoms with van der Waals surface area (Å²) in [6.45, 7) is 2.58. The molecule has 1 fully saturated rings. The highest BCUT2D eigenvalue weighted by Crippen LogP contribution is 2.20. The predicted molar refractivity (Wildman–Crippen MR) is 68.6 cm³/mol. The first-order valence-corrected chi connectivity index (χ1v) is 7.45. The van der Waals surface area contributed by atoms with Gasteiger partial charge in [0.15, 0.2) is 9.84 Å². The maximum absolute atomic E-state index is 11.3. The number of hydrogen-bond donors (Lipinski definition) is 2. The first-order chi connectivity index (χ1) is 7.96. The Bertz CT molecular complexity index is 513. The number of aromatic nitrogens is 1. The summed E-state index contributed by atoms with van der Waals surface area (Å²) in [5.74, 6) is 1.57. The molecule has 2 rings (SSSR count). The van der Waals surface area contributed by atoms with E-state index in [0.29, 0.717) is 18.0 Å². The third-order valence-electron chi connectivity index (χ3n) is 2.98. The van der Waals surface area contributed by atoms with Crippen molar-refractivity contribution in [3.05, 3.63) is 17.8 Å². The summed E-state index contributed by atoms with van der Waals surface area (Å²) in [4.78, 5) is 4.19. The first-order valence-electron chi connectivity index (χ1n) is 5.63. The van der Waals surface area contributed by atoms with Crippen molar-refractivity contribution in [1.82, 2.24) is 4.98 Å². The molecular weight excluding hydrogens is 238 g/mol. The molecule has 0 amide bonds. The molecule has 1 atom stereocenters. The summed E-state index contributed by atoms with van der Waals surface area (Å²) in [6.07, 6.45) is 2.34. The number of nitrogen functional groups attached to an aromatic ring is 1. The average Bonchev–Trinajstić information content (AvgIpc) is 2.57. The van der Waals surface area contributed by atoms with E-state index in [1.165, 1.54) is 0 Å². The number of sulfone groups is 1. The van der Waals surface area contributed by atoms with Crippen LogP contribution in [0.2, 0.25) is 0 Å². The molecule has 1 aliphatic heterocycles. The van der Waals surface area contributed by atoms with Crippen LogP contribution in [0.15, 0.2) is 12.3 Å². The quantitative estimate of drug-likeness (QED) is 0.835. The van der Waals surface area contributed by atoms with Crippen molar-refractivity contribution in [2.45, 2.75) is 13.3 Å². The lowest BCUT2D eigenvalue weighted by atomic mass is 10.1. The highest BCUT2D eigenvalue weighted by Gasteiger charge is 2.27. The van der Waals surface area contributed by atoms with E-state index in [9.17, 15) is 8.42 Å². The number of pyridine rings is 1. The zero-order chi connectivity index (χ0) is 12.5. The van der Waals surface area contributed by atoms with Crippen molar-refractivity contribution in [2.24, 2.45) is 5.92 Å². The summed E-state index contributed by atoms with van der Waals surface area (Å²) in [6, 6.07) is 1.85. The van der Waals surface area contributed by atoms with Crippen LogP contribution in [0.25, 0.3) is 0 Å². The van der Waals surface area contributed by atoms with Crippen molar-refractivity contribution >= 4 is 21.3 Å². The highest BCUT2D eigenvalue weighted by molar-refractivity contribution is 7.91. The van der Waals surface area contributed by atoms with Crippen LogP contribution >= 0.6 is 0 Å². The van der Waals surface area contributed by atoms with Gasteiger partial charge in [0.05, 0.1) is 23.4 Å². The van der Waals surface area contributed by atoms with E-state index in [1.54, 1.807) is 6.20 Å². The SMILES string of the molecule is Cc1cc(N)cnc1NCC1CCS(=O)(=O)C1. The third-order valence-corrected chi connectivity index (χ3v) is 4.82. The van der Waals surface area contributed by atoms with Crippen molar-refractivity contribution in [1.29, 1.82) is 0 Å². The van der Waals surface area contributed by atoms with E-state index in [2.05, 4.69) is 10.3 Å². The monoisotopic (exact) mass is 255 g/mol. The number of nitrogens with two attached hydrogens (primary N) is 1. The summed E-state index contributed by atoms with van der Waals surface area (Å²) < 4.78 is 22.6. The Labute approximate surface area is 101 Å². The standard InChI is InChI=1S/C11H17N3O2S/c1-8-4-10(12)6-14-11(8)13-5-9-2-3-17(15,16)7-9/h4,6,9H,2-3,5,7,12H2,1H3,(H,13,14). The second kappa shape index (κ2) is 4.52. The van der Waals surface area contributed by atoms with Crippen LogP contribution in [0.3, 0.4) is 0 Å². The largest absolute Gasteiger partial charge is 0.397 e. The summed E-state index contributed by atoms with van der Waals surface area (Å²) in [5, 5.41) is 3.19. The lowest BCUT2D eigenvalue weighted by Gasteiger charge is -2.12. The Kier molecular flexibility index (Phi) is 3.24. The Morgan fingerprint density at radius 1 is 1.59 bits per heavy atom. The van der Waals surface area contributed by atoms with E-state index < -0.39 is 9.84 Å². The van der Waals surface area contributed by atoms with Crippen molar-refractivity contribution in [3.8, 4) is 0 Å². The molecule has 0 radical (unpaired) electrons. The molecule has 0 spiro atoms. The lowest BCUT2D eigenvalue weighted by molar-refractivity contribution is 0.595. The minimum atomic E-state index is -2.80. The van der Waals surface area contributed by atoms with Gasteiger partial charge in [0.2, 0.25) is 0 Å². The molecule has 0 bridgehead atoms. The van der Waals surface area contributed by atoms with E-state index >= 15 is 0 Å². The van der Waals surface area contributed by atoms with Crippen LogP contribution < -0.4 is 11.1 Å². The Morgan fingerprint density at radius 2 is 2.35 bits per heavy atom. The lowest BCUT2D eigenvalue weighted by Crippen LogP contribution is -2.16. The molecule has 2 heterocycles. The molecule has 1 aromatic heterocycles. The number of hydrogen-bond acceptors (Lipinski definition) is 5. The van der Waals surface area contributed by atoms with E-state index in [4.69, 9.17) is 5.73 Å². The highest BCUT2D eigenvalue weighted by atomic mass is 32.2. The molecule has 1 aromatic rings. The topological polar surface area (TPSA) is 85.1 Å². The molecule has 0 aromatic carbocycles. The minimum absolute atomic E-state index is 0.193. The van der Waals surface area contributed by atoms with Crippen LogP contribution in [-0.4, -0.2) is 31.5 Å². The van der Waals surface area contributed by atoms with E-state index in [-0.39, 0.29) is 11.7 Å². The molecule has 17 heavy (non-hydrogen) atoms. The molecule has 6 heteroatoms. The van der Waals surface area contributed by atoms with Gasteiger partial charge in [-0.2, -0.15) is 0 Å². The van der Waals surface area contributed by atoms with Gasteiger partial charge in [-0.3, -0.25) is 0 Å². The molecule has 3 N–H and O–H groups in total. The minimum Gasteiger partial charge on any atom is -0.397 e. The van der Waals surface area contributed by atoms with Crippen LogP contribution in [-0.2, 0) is 9.84 Å². The van der Waals surface area contributed by atoms with Gasteiger partial charge in [-0.1, -0.05) is 0 Å².